The van der Waals surface area contributed by atoms with Crippen LogP contribution >= 0.6 is 0 Å². The Morgan fingerprint density at radius 2 is 2.06 bits per heavy atom. The Morgan fingerprint density at radius 1 is 1.33 bits per heavy atom. The zero-order chi connectivity index (χ0) is 13.5. The SMILES string of the molecule is C=C/C(=C\NC)C(=C)/C=N\c1ccc(C)cc1C. The van der Waals surface area contributed by atoms with Crippen molar-refractivity contribution in [1.82, 2.24) is 5.32 Å². The molecule has 0 aliphatic rings. The first kappa shape index (κ1) is 14.0. The number of rotatable bonds is 5. The average molecular weight is 240 g/mol. The van der Waals surface area contributed by atoms with Crippen LogP contribution in [-0.4, -0.2) is 13.3 Å². The summed E-state index contributed by atoms with van der Waals surface area (Å²) in [6.07, 6.45) is 5.37. The lowest BCUT2D eigenvalue weighted by molar-refractivity contribution is 1.09. The minimum absolute atomic E-state index is 0.833. The Hall–Kier alpha value is -2.09. The maximum atomic E-state index is 4.46. The first-order chi connectivity index (χ1) is 8.58. The van der Waals surface area contributed by atoms with E-state index in [0.717, 1.165) is 22.4 Å². The molecule has 94 valence electrons. The van der Waals surface area contributed by atoms with Crippen LogP contribution in [0.1, 0.15) is 11.1 Å². The summed E-state index contributed by atoms with van der Waals surface area (Å²) in [4.78, 5) is 4.46. The van der Waals surface area contributed by atoms with Crippen LogP contribution in [0.3, 0.4) is 0 Å². The van der Waals surface area contributed by atoms with Gasteiger partial charge in [-0.1, -0.05) is 36.9 Å². The lowest BCUT2D eigenvalue weighted by atomic mass is 10.1. The van der Waals surface area contributed by atoms with Crippen molar-refractivity contribution in [2.24, 2.45) is 4.99 Å². The van der Waals surface area contributed by atoms with Crippen LogP contribution in [0.25, 0.3) is 0 Å². The third-order valence-corrected chi connectivity index (χ3v) is 2.60. The topological polar surface area (TPSA) is 24.4 Å². The zero-order valence-electron chi connectivity index (χ0n) is 11.3. The van der Waals surface area contributed by atoms with Gasteiger partial charge in [0.05, 0.1) is 5.69 Å². The summed E-state index contributed by atoms with van der Waals surface area (Å²) in [6, 6.07) is 6.19. The predicted octanol–water partition coefficient (Wildman–Crippen LogP) is 3.85. The van der Waals surface area contributed by atoms with Gasteiger partial charge in [0.25, 0.3) is 0 Å². The van der Waals surface area contributed by atoms with E-state index < -0.39 is 0 Å². The van der Waals surface area contributed by atoms with Crippen molar-refractivity contribution in [3.05, 3.63) is 65.9 Å². The van der Waals surface area contributed by atoms with E-state index in [1.165, 1.54) is 5.56 Å². The Bertz CT molecular complexity index is 508. The molecule has 1 rings (SSSR count). The van der Waals surface area contributed by atoms with E-state index in [-0.39, 0.29) is 0 Å². The molecule has 1 aromatic carbocycles. The van der Waals surface area contributed by atoms with E-state index >= 15 is 0 Å². The zero-order valence-corrected chi connectivity index (χ0v) is 11.3. The minimum atomic E-state index is 0.833. The Morgan fingerprint density at radius 3 is 2.61 bits per heavy atom. The van der Waals surface area contributed by atoms with E-state index in [1.54, 1.807) is 12.3 Å². The first-order valence-corrected chi connectivity index (χ1v) is 5.89. The summed E-state index contributed by atoms with van der Waals surface area (Å²) in [6.45, 7) is 11.9. The number of nitrogens with zero attached hydrogens (tertiary/aromatic N) is 1. The van der Waals surface area contributed by atoms with Crippen LogP contribution in [-0.2, 0) is 0 Å². The van der Waals surface area contributed by atoms with Crippen molar-refractivity contribution >= 4 is 11.9 Å². The molecule has 0 saturated heterocycles. The van der Waals surface area contributed by atoms with Crippen molar-refractivity contribution in [3.63, 3.8) is 0 Å². The molecular weight excluding hydrogens is 220 g/mol. The summed E-state index contributed by atoms with van der Waals surface area (Å²) in [7, 11) is 1.85. The monoisotopic (exact) mass is 240 g/mol. The Labute approximate surface area is 109 Å². The quantitative estimate of drug-likeness (QED) is 0.613. The van der Waals surface area contributed by atoms with Gasteiger partial charge in [0.1, 0.15) is 0 Å². The minimum Gasteiger partial charge on any atom is -0.393 e. The standard InChI is InChI=1S/C16H20N2/c1-6-15(11-17-5)14(4)10-18-16-8-7-12(2)9-13(16)3/h6-11,17H,1,4H2,2-3,5H3/b15-11+,18-10-. The maximum absolute atomic E-state index is 4.46. The van der Waals surface area contributed by atoms with E-state index in [2.05, 4.69) is 49.4 Å². The number of allylic oxidation sites excluding steroid dienone is 3. The van der Waals surface area contributed by atoms with E-state index in [9.17, 15) is 0 Å². The van der Waals surface area contributed by atoms with Gasteiger partial charge in [0.2, 0.25) is 0 Å². The fraction of sp³-hybridized carbons (Fsp3) is 0.188. The second-order valence-corrected chi connectivity index (χ2v) is 4.17. The molecule has 0 aromatic heterocycles. The van der Waals surface area contributed by atoms with Crippen LogP contribution in [0.15, 0.2) is 59.8 Å². The molecule has 1 aromatic rings. The summed E-state index contributed by atoms with van der Waals surface area (Å²) in [5, 5.41) is 2.96. The van der Waals surface area contributed by atoms with E-state index in [0.29, 0.717) is 0 Å². The average Bonchev–Trinajstić information content (AvgIpc) is 2.34. The van der Waals surface area contributed by atoms with Gasteiger partial charge < -0.3 is 5.32 Å². The summed E-state index contributed by atoms with van der Waals surface area (Å²) >= 11 is 0. The highest BCUT2D eigenvalue weighted by Crippen LogP contribution is 2.19. The van der Waals surface area contributed by atoms with Crippen molar-refractivity contribution in [2.75, 3.05) is 7.05 Å². The van der Waals surface area contributed by atoms with E-state index in [1.807, 2.05) is 19.3 Å². The molecule has 0 saturated carbocycles. The highest BCUT2D eigenvalue weighted by molar-refractivity contribution is 5.87. The Kier molecular flexibility index (Phi) is 5.12. The molecule has 0 aliphatic carbocycles. The molecular formula is C16H20N2. The maximum Gasteiger partial charge on any atom is 0.0659 e. The highest BCUT2D eigenvalue weighted by atomic mass is 14.8. The molecule has 0 aliphatic heterocycles. The van der Waals surface area contributed by atoms with Crippen LogP contribution < -0.4 is 5.32 Å². The van der Waals surface area contributed by atoms with Crippen LogP contribution in [0.5, 0.6) is 0 Å². The molecule has 0 radical (unpaired) electrons. The number of benzene rings is 1. The third-order valence-electron chi connectivity index (χ3n) is 2.60. The van der Waals surface area contributed by atoms with Gasteiger partial charge in [-0.2, -0.15) is 0 Å². The highest BCUT2D eigenvalue weighted by Gasteiger charge is 1.97. The van der Waals surface area contributed by atoms with Crippen molar-refractivity contribution < 1.29 is 0 Å². The van der Waals surface area contributed by atoms with Crippen LogP contribution in [0, 0.1) is 13.8 Å². The van der Waals surface area contributed by atoms with Gasteiger partial charge in [0, 0.05) is 19.5 Å². The second kappa shape index (κ2) is 6.60. The fourth-order valence-electron chi connectivity index (χ4n) is 1.61. The number of hydrogen-bond acceptors (Lipinski definition) is 2. The molecule has 0 amide bonds. The van der Waals surface area contributed by atoms with Gasteiger partial charge in [-0.05, 0) is 36.6 Å². The van der Waals surface area contributed by atoms with Gasteiger partial charge in [-0.3, -0.25) is 4.99 Å². The third kappa shape index (κ3) is 3.74. The van der Waals surface area contributed by atoms with Crippen LogP contribution in [0.4, 0.5) is 5.69 Å². The fourth-order valence-corrected chi connectivity index (χ4v) is 1.61. The molecule has 2 nitrogen and oxygen atoms in total. The molecule has 0 fully saturated rings. The summed E-state index contributed by atoms with van der Waals surface area (Å²) in [5.41, 5.74) is 5.14. The first-order valence-electron chi connectivity index (χ1n) is 5.89. The summed E-state index contributed by atoms with van der Waals surface area (Å²) < 4.78 is 0. The molecule has 0 spiro atoms. The largest absolute Gasteiger partial charge is 0.393 e. The smallest absolute Gasteiger partial charge is 0.0659 e. The van der Waals surface area contributed by atoms with Gasteiger partial charge in [-0.25, -0.2) is 0 Å². The molecule has 18 heavy (non-hydrogen) atoms. The number of nitrogens with one attached hydrogen (secondary N) is 1. The molecule has 0 atom stereocenters. The predicted molar refractivity (Wildman–Crippen MR) is 80.5 cm³/mol. The van der Waals surface area contributed by atoms with Crippen molar-refractivity contribution in [2.45, 2.75) is 13.8 Å². The summed E-state index contributed by atoms with van der Waals surface area (Å²) in [5.74, 6) is 0. The lowest BCUT2D eigenvalue weighted by Gasteiger charge is -2.03. The van der Waals surface area contributed by atoms with Gasteiger partial charge in [0.15, 0.2) is 0 Å². The van der Waals surface area contributed by atoms with Crippen molar-refractivity contribution in [1.29, 1.82) is 0 Å². The number of hydrogen-bond donors (Lipinski definition) is 1. The van der Waals surface area contributed by atoms with Crippen molar-refractivity contribution in [3.8, 4) is 0 Å². The second-order valence-electron chi connectivity index (χ2n) is 4.17. The van der Waals surface area contributed by atoms with Crippen LogP contribution in [0.2, 0.25) is 0 Å². The normalized spacial score (nSPS) is 11.6. The number of aliphatic imine (C=N–C) groups is 1. The molecule has 0 bridgehead atoms. The Balaban J connectivity index is 2.90. The molecule has 1 N–H and O–H groups in total. The molecule has 0 heterocycles. The van der Waals surface area contributed by atoms with Gasteiger partial charge in [-0.15, -0.1) is 0 Å². The van der Waals surface area contributed by atoms with E-state index in [4.69, 9.17) is 0 Å². The van der Waals surface area contributed by atoms with Gasteiger partial charge >= 0.3 is 0 Å². The lowest BCUT2D eigenvalue weighted by Crippen LogP contribution is -1.97. The number of aryl methyl sites for hydroxylation is 2. The molecule has 0 unspecified atom stereocenters. The molecule has 2 heteroatoms.